The number of halogens is 2. The van der Waals surface area contributed by atoms with E-state index in [1.807, 2.05) is 0 Å². The van der Waals surface area contributed by atoms with E-state index in [0.717, 1.165) is 7.11 Å². The highest BCUT2D eigenvalue weighted by atomic mass is 32.2. The molecule has 0 aliphatic rings. The molecule has 0 aromatic heterocycles. The normalized spacial score (nSPS) is 9.08. The maximum Gasteiger partial charge on any atom is 0.288 e. The average Bonchev–Trinajstić information content (AvgIpc) is 2.08. The zero-order valence-electron chi connectivity index (χ0n) is 6.58. The Hall–Kier alpha value is -0.610. The molecular formula is C8H10F2OS. The lowest BCUT2D eigenvalue weighted by Crippen LogP contribution is -1.79. The minimum Gasteiger partial charge on any atom is -0.400 e. The number of hydrogen-bond donors (Lipinski definition) is 1. The van der Waals surface area contributed by atoms with Gasteiger partial charge < -0.3 is 5.11 Å². The van der Waals surface area contributed by atoms with Crippen molar-refractivity contribution in [2.24, 2.45) is 0 Å². The van der Waals surface area contributed by atoms with Gasteiger partial charge >= 0.3 is 0 Å². The molecule has 68 valence electrons. The van der Waals surface area contributed by atoms with E-state index < -0.39 is 5.76 Å². The SMILES string of the molecule is CO.FC(F)Sc1ccccc1. The van der Waals surface area contributed by atoms with Crippen LogP contribution in [0, 0.1) is 0 Å². The van der Waals surface area contributed by atoms with Crippen LogP contribution < -0.4 is 0 Å². The topological polar surface area (TPSA) is 20.2 Å². The van der Waals surface area contributed by atoms with Gasteiger partial charge in [-0.2, -0.15) is 8.78 Å². The minimum absolute atomic E-state index is 0.565. The summed E-state index contributed by atoms with van der Waals surface area (Å²) in [4.78, 5) is 0.609. The van der Waals surface area contributed by atoms with Crippen LogP contribution in [0.15, 0.2) is 35.2 Å². The summed E-state index contributed by atoms with van der Waals surface area (Å²) in [6, 6.07) is 8.61. The van der Waals surface area contributed by atoms with Crippen molar-refractivity contribution in [1.29, 1.82) is 0 Å². The molecule has 0 aliphatic heterocycles. The van der Waals surface area contributed by atoms with Crippen molar-refractivity contribution in [1.82, 2.24) is 0 Å². The van der Waals surface area contributed by atoms with Gasteiger partial charge in [-0.25, -0.2) is 0 Å². The van der Waals surface area contributed by atoms with Crippen LogP contribution >= 0.6 is 11.8 Å². The fourth-order valence-electron chi connectivity index (χ4n) is 0.602. The number of aliphatic hydroxyl groups excluding tert-OH is 1. The average molecular weight is 192 g/mol. The second-order valence-corrected chi connectivity index (χ2v) is 2.76. The highest BCUT2D eigenvalue weighted by Crippen LogP contribution is 2.23. The summed E-state index contributed by atoms with van der Waals surface area (Å²) < 4.78 is 23.4. The van der Waals surface area contributed by atoms with Crippen LogP contribution in [0.5, 0.6) is 0 Å². The molecule has 0 aliphatic carbocycles. The van der Waals surface area contributed by atoms with E-state index in [0.29, 0.717) is 16.7 Å². The van der Waals surface area contributed by atoms with Gasteiger partial charge in [0.05, 0.1) is 0 Å². The van der Waals surface area contributed by atoms with E-state index in [1.165, 1.54) is 0 Å². The van der Waals surface area contributed by atoms with Crippen molar-refractivity contribution in [2.45, 2.75) is 10.7 Å². The molecule has 0 radical (unpaired) electrons. The molecule has 12 heavy (non-hydrogen) atoms. The second kappa shape index (κ2) is 7.06. The standard InChI is InChI=1S/C7H6F2S.CH4O/c8-7(9)10-6-4-2-1-3-5-6;1-2/h1-5,7H;2H,1H3. The van der Waals surface area contributed by atoms with E-state index in [9.17, 15) is 8.78 Å². The van der Waals surface area contributed by atoms with E-state index in [-0.39, 0.29) is 0 Å². The van der Waals surface area contributed by atoms with Crippen molar-refractivity contribution in [3.63, 3.8) is 0 Å². The molecule has 1 aromatic carbocycles. The highest BCUT2D eigenvalue weighted by molar-refractivity contribution is 7.99. The Morgan fingerprint density at radius 3 is 2.08 bits per heavy atom. The van der Waals surface area contributed by atoms with Gasteiger partial charge in [-0.1, -0.05) is 30.0 Å². The third-order valence-corrected chi connectivity index (χ3v) is 1.69. The third kappa shape index (κ3) is 5.09. The van der Waals surface area contributed by atoms with Gasteiger partial charge in [0.15, 0.2) is 0 Å². The Balaban J connectivity index is 0.000000561. The zero-order chi connectivity index (χ0) is 9.40. The monoisotopic (exact) mass is 192 g/mol. The van der Waals surface area contributed by atoms with Crippen LogP contribution in [-0.2, 0) is 0 Å². The summed E-state index contributed by atoms with van der Waals surface area (Å²) in [5.74, 6) is -2.32. The molecule has 0 heterocycles. The Bertz CT molecular complexity index is 192. The first-order valence-corrected chi connectivity index (χ1v) is 4.11. The Kier molecular flexibility index (Phi) is 6.70. The van der Waals surface area contributed by atoms with Crippen LogP contribution in [0.25, 0.3) is 0 Å². The summed E-state index contributed by atoms with van der Waals surface area (Å²) in [5, 5.41) is 7.00. The quantitative estimate of drug-likeness (QED) is 0.727. The van der Waals surface area contributed by atoms with E-state index >= 15 is 0 Å². The summed E-state index contributed by atoms with van der Waals surface area (Å²) >= 11 is 0.565. The smallest absolute Gasteiger partial charge is 0.288 e. The van der Waals surface area contributed by atoms with Gasteiger partial charge in [0, 0.05) is 12.0 Å². The van der Waals surface area contributed by atoms with Crippen LogP contribution in [-0.4, -0.2) is 18.0 Å². The van der Waals surface area contributed by atoms with Crippen molar-refractivity contribution in [3.05, 3.63) is 30.3 Å². The van der Waals surface area contributed by atoms with Crippen molar-refractivity contribution < 1.29 is 13.9 Å². The van der Waals surface area contributed by atoms with Crippen molar-refractivity contribution in [3.8, 4) is 0 Å². The molecule has 1 N–H and O–H groups in total. The van der Waals surface area contributed by atoms with Crippen LogP contribution in [0.2, 0.25) is 0 Å². The predicted octanol–water partition coefficient (Wildman–Crippen LogP) is 2.61. The van der Waals surface area contributed by atoms with E-state index in [1.54, 1.807) is 30.3 Å². The molecule has 0 spiro atoms. The van der Waals surface area contributed by atoms with Crippen molar-refractivity contribution in [2.75, 3.05) is 7.11 Å². The first kappa shape index (κ1) is 11.4. The zero-order valence-corrected chi connectivity index (χ0v) is 7.39. The molecule has 4 heteroatoms. The molecule has 0 saturated heterocycles. The number of benzene rings is 1. The van der Waals surface area contributed by atoms with Crippen LogP contribution in [0.4, 0.5) is 8.78 Å². The molecule has 1 nitrogen and oxygen atoms in total. The molecule has 0 fully saturated rings. The van der Waals surface area contributed by atoms with Gasteiger partial charge in [0.25, 0.3) is 5.76 Å². The highest BCUT2D eigenvalue weighted by Gasteiger charge is 2.02. The second-order valence-electron chi connectivity index (χ2n) is 1.69. The van der Waals surface area contributed by atoms with Gasteiger partial charge in [-0.05, 0) is 12.1 Å². The van der Waals surface area contributed by atoms with Crippen molar-refractivity contribution >= 4 is 11.8 Å². The number of hydrogen-bond acceptors (Lipinski definition) is 2. The van der Waals surface area contributed by atoms with Crippen LogP contribution in [0.1, 0.15) is 0 Å². The van der Waals surface area contributed by atoms with Gasteiger partial charge in [0.1, 0.15) is 0 Å². The lowest BCUT2D eigenvalue weighted by molar-refractivity contribution is 0.252. The maximum atomic E-state index is 11.7. The maximum absolute atomic E-state index is 11.7. The molecular weight excluding hydrogens is 182 g/mol. The number of aliphatic hydroxyl groups is 1. The van der Waals surface area contributed by atoms with Crippen LogP contribution in [0.3, 0.4) is 0 Å². The number of thioether (sulfide) groups is 1. The molecule has 0 atom stereocenters. The Morgan fingerprint density at radius 1 is 1.17 bits per heavy atom. The Morgan fingerprint density at radius 2 is 1.67 bits per heavy atom. The lowest BCUT2D eigenvalue weighted by atomic mass is 10.4. The molecule has 1 aromatic rings. The first-order valence-electron chi connectivity index (χ1n) is 3.23. The molecule has 0 saturated carbocycles. The summed E-state index contributed by atoms with van der Waals surface area (Å²) in [7, 11) is 1.00. The molecule has 1 rings (SSSR count). The lowest BCUT2D eigenvalue weighted by Gasteiger charge is -1.96. The first-order chi connectivity index (χ1) is 5.79. The van der Waals surface area contributed by atoms with Gasteiger partial charge in [0.2, 0.25) is 0 Å². The summed E-state index contributed by atoms with van der Waals surface area (Å²) in [5.41, 5.74) is 0. The predicted molar refractivity (Wildman–Crippen MR) is 46.4 cm³/mol. The summed E-state index contributed by atoms with van der Waals surface area (Å²) in [6.07, 6.45) is 0. The third-order valence-electron chi connectivity index (χ3n) is 0.968. The van der Waals surface area contributed by atoms with Gasteiger partial charge in [-0.15, -0.1) is 0 Å². The fraction of sp³-hybridized carbons (Fsp3) is 0.250. The van der Waals surface area contributed by atoms with E-state index in [2.05, 4.69) is 0 Å². The minimum atomic E-state index is -2.32. The fourth-order valence-corrected chi connectivity index (χ4v) is 1.12. The largest absolute Gasteiger partial charge is 0.400 e. The Labute approximate surface area is 74.4 Å². The number of rotatable bonds is 2. The molecule has 0 bridgehead atoms. The summed E-state index contributed by atoms with van der Waals surface area (Å²) in [6.45, 7) is 0. The van der Waals surface area contributed by atoms with Gasteiger partial charge in [-0.3, -0.25) is 0 Å². The molecule has 0 amide bonds. The number of alkyl halides is 2. The molecule has 0 unspecified atom stereocenters. The van der Waals surface area contributed by atoms with E-state index in [4.69, 9.17) is 5.11 Å².